The largest absolute Gasteiger partial charge is 0.442 e. The Morgan fingerprint density at radius 3 is 2.53 bits per heavy atom. The maximum Gasteiger partial charge on any atom is 0.414 e. The van der Waals surface area contributed by atoms with Crippen LogP contribution in [0.25, 0.3) is 11.1 Å². The minimum atomic E-state index is -0.672. The summed E-state index contributed by atoms with van der Waals surface area (Å²) in [5.41, 5.74) is 2.22. The lowest BCUT2D eigenvalue weighted by Crippen LogP contribution is -2.26. The minimum absolute atomic E-state index is 0.0628. The predicted molar refractivity (Wildman–Crippen MR) is 117 cm³/mol. The minimum Gasteiger partial charge on any atom is -0.442 e. The fourth-order valence-corrected chi connectivity index (χ4v) is 4.02. The number of aliphatic hydroxyl groups excluding tert-OH is 1. The molecule has 11 heteroatoms. The Morgan fingerprint density at radius 2 is 1.88 bits per heavy atom. The molecule has 2 unspecified atom stereocenters. The summed E-state index contributed by atoms with van der Waals surface area (Å²) in [5, 5.41) is 20.9. The Balaban J connectivity index is 1.32. The molecule has 1 amide bonds. The third kappa shape index (κ3) is 4.21. The molecule has 0 aliphatic carbocycles. The highest BCUT2D eigenvalue weighted by Gasteiger charge is 2.33. The number of aromatic nitrogens is 3. The lowest BCUT2D eigenvalue weighted by atomic mass is 9.99. The monoisotopic (exact) mass is 469 g/mol. The van der Waals surface area contributed by atoms with Crippen molar-refractivity contribution in [3.05, 3.63) is 65.5 Å². The molecule has 1 N–H and O–H groups in total. The van der Waals surface area contributed by atoms with Gasteiger partial charge in [-0.05, 0) is 31.2 Å². The van der Waals surface area contributed by atoms with Crippen LogP contribution in [0, 0.1) is 18.6 Å². The number of nitrogens with zero attached hydrogens (tertiary/aromatic N) is 5. The van der Waals surface area contributed by atoms with Gasteiger partial charge in [-0.3, -0.25) is 4.90 Å². The smallest absolute Gasteiger partial charge is 0.414 e. The van der Waals surface area contributed by atoms with E-state index in [1.807, 2.05) is 0 Å². The number of aliphatic hydroxyl groups is 1. The van der Waals surface area contributed by atoms with Crippen molar-refractivity contribution >= 4 is 17.5 Å². The van der Waals surface area contributed by atoms with Crippen LogP contribution in [0.15, 0.2) is 47.8 Å². The highest BCUT2D eigenvalue weighted by Crippen LogP contribution is 2.31. The molecule has 1 aromatic heterocycles. The zero-order valence-corrected chi connectivity index (χ0v) is 18.2. The summed E-state index contributed by atoms with van der Waals surface area (Å²) < 4.78 is 36.8. The van der Waals surface area contributed by atoms with E-state index in [0.29, 0.717) is 29.9 Å². The SMILES string of the molecule is Cc1cn(CC2CN(c3ccc(-c4ccc(C5=NOC(CO)C5)cc4F)c(F)c3)C(=O)O2)nn1. The van der Waals surface area contributed by atoms with Crippen LogP contribution in [-0.4, -0.2) is 57.3 Å². The third-order valence-corrected chi connectivity index (χ3v) is 5.71. The van der Waals surface area contributed by atoms with Gasteiger partial charge in [0.2, 0.25) is 0 Å². The van der Waals surface area contributed by atoms with Crippen molar-refractivity contribution in [3.63, 3.8) is 0 Å². The molecule has 2 aliphatic heterocycles. The van der Waals surface area contributed by atoms with Crippen LogP contribution >= 0.6 is 0 Å². The average Bonchev–Trinajstić information content (AvgIpc) is 3.54. The standard InChI is InChI=1S/C23H21F2N5O4/c1-13-9-29(28-26-13)10-17-11-30(23(32)33-17)15-3-5-19(21(25)7-15)18-4-2-14(6-20(18)24)22-8-16(12-31)34-27-22/h2-7,9,16-17,31H,8,10-12H2,1H3. The maximum atomic E-state index is 15.0. The third-order valence-electron chi connectivity index (χ3n) is 5.71. The molecule has 5 rings (SSSR count). The van der Waals surface area contributed by atoms with Crippen molar-refractivity contribution in [1.29, 1.82) is 0 Å². The van der Waals surface area contributed by atoms with E-state index in [-0.39, 0.29) is 24.3 Å². The van der Waals surface area contributed by atoms with Gasteiger partial charge >= 0.3 is 6.09 Å². The quantitative estimate of drug-likeness (QED) is 0.596. The van der Waals surface area contributed by atoms with E-state index in [0.717, 1.165) is 5.69 Å². The van der Waals surface area contributed by atoms with Gasteiger partial charge < -0.3 is 14.7 Å². The van der Waals surface area contributed by atoms with Crippen LogP contribution in [0.1, 0.15) is 17.7 Å². The normalized spacial score (nSPS) is 19.8. The Bertz CT molecular complexity index is 1280. The number of oxime groups is 1. The molecular weight excluding hydrogens is 448 g/mol. The van der Waals surface area contributed by atoms with Crippen molar-refractivity contribution in [2.75, 3.05) is 18.1 Å². The molecule has 2 atom stereocenters. The number of hydrogen-bond donors (Lipinski definition) is 1. The predicted octanol–water partition coefficient (Wildman–Crippen LogP) is 3.04. The molecular formula is C23H21F2N5O4. The molecule has 1 saturated heterocycles. The van der Waals surface area contributed by atoms with Gasteiger partial charge in [0.15, 0.2) is 6.10 Å². The van der Waals surface area contributed by atoms with Gasteiger partial charge in [0.1, 0.15) is 17.7 Å². The number of benzene rings is 2. The summed E-state index contributed by atoms with van der Waals surface area (Å²) in [6, 6.07) is 8.53. The molecule has 2 aromatic carbocycles. The number of ether oxygens (including phenoxy) is 1. The lowest BCUT2D eigenvalue weighted by molar-refractivity contribution is 0.0390. The van der Waals surface area contributed by atoms with Crippen molar-refractivity contribution in [2.45, 2.75) is 32.1 Å². The van der Waals surface area contributed by atoms with Gasteiger partial charge in [0.05, 0.1) is 36.8 Å². The molecule has 176 valence electrons. The van der Waals surface area contributed by atoms with Gasteiger partial charge in [0.25, 0.3) is 0 Å². The van der Waals surface area contributed by atoms with E-state index in [1.54, 1.807) is 29.9 Å². The van der Waals surface area contributed by atoms with Gasteiger partial charge in [0, 0.05) is 29.3 Å². The van der Waals surface area contributed by atoms with E-state index in [4.69, 9.17) is 14.7 Å². The number of hydrogen-bond acceptors (Lipinski definition) is 7. The van der Waals surface area contributed by atoms with E-state index < -0.39 is 29.9 Å². The molecule has 1 fully saturated rings. The highest BCUT2D eigenvalue weighted by molar-refractivity contribution is 6.01. The Morgan fingerprint density at radius 1 is 1.12 bits per heavy atom. The Hall–Kier alpha value is -3.86. The maximum absolute atomic E-state index is 15.0. The zero-order valence-electron chi connectivity index (χ0n) is 18.2. The first kappa shape index (κ1) is 22.0. The Labute approximate surface area is 193 Å². The molecule has 3 heterocycles. The summed E-state index contributed by atoms with van der Waals surface area (Å²) in [6.45, 7) is 2.17. The van der Waals surface area contributed by atoms with Crippen LogP contribution in [0.5, 0.6) is 0 Å². The second-order valence-corrected chi connectivity index (χ2v) is 8.21. The van der Waals surface area contributed by atoms with Gasteiger partial charge in [-0.2, -0.15) is 0 Å². The van der Waals surface area contributed by atoms with Crippen molar-refractivity contribution < 1.29 is 28.3 Å². The first-order chi connectivity index (χ1) is 16.4. The highest BCUT2D eigenvalue weighted by atomic mass is 19.1. The molecule has 0 spiro atoms. The fraction of sp³-hybridized carbons (Fsp3) is 0.304. The number of aryl methyl sites for hydroxylation is 1. The second kappa shape index (κ2) is 8.82. The average molecular weight is 469 g/mol. The van der Waals surface area contributed by atoms with E-state index in [2.05, 4.69) is 15.5 Å². The number of amides is 1. The molecule has 2 aliphatic rings. The number of rotatable bonds is 6. The topological polar surface area (TPSA) is 102 Å². The first-order valence-electron chi connectivity index (χ1n) is 10.7. The lowest BCUT2D eigenvalue weighted by Gasteiger charge is -2.15. The summed E-state index contributed by atoms with van der Waals surface area (Å²) in [5.74, 6) is -1.29. The van der Waals surface area contributed by atoms with Crippen LogP contribution in [0.4, 0.5) is 19.3 Å². The van der Waals surface area contributed by atoms with E-state index >= 15 is 4.39 Å². The van der Waals surface area contributed by atoms with Gasteiger partial charge in [-0.1, -0.05) is 22.5 Å². The Kier molecular flexibility index (Phi) is 5.70. The number of carbonyl (C=O) groups excluding carboxylic acids is 1. The molecule has 0 radical (unpaired) electrons. The van der Waals surface area contributed by atoms with Crippen LogP contribution in [0.2, 0.25) is 0 Å². The van der Waals surface area contributed by atoms with Crippen molar-refractivity contribution in [2.24, 2.45) is 5.16 Å². The number of anilines is 1. The molecule has 9 nitrogen and oxygen atoms in total. The molecule has 34 heavy (non-hydrogen) atoms. The van der Waals surface area contributed by atoms with Crippen molar-refractivity contribution in [1.82, 2.24) is 15.0 Å². The van der Waals surface area contributed by atoms with E-state index in [1.165, 1.54) is 29.2 Å². The van der Waals surface area contributed by atoms with Crippen LogP contribution in [-0.2, 0) is 16.1 Å². The number of halogens is 2. The summed E-state index contributed by atoms with van der Waals surface area (Å²) >= 11 is 0. The molecule has 0 bridgehead atoms. The second-order valence-electron chi connectivity index (χ2n) is 8.21. The van der Waals surface area contributed by atoms with Gasteiger partial charge in [-0.15, -0.1) is 5.10 Å². The first-order valence-corrected chi connectivity index (χ1v) is 10.7. The molecule has 3 aromatic rings. The van der Waals surface area contributed by atoms with Crippen molar-refractivity contribution in [3.8, 4) is 11.1 Å². The zero-order chi connectivity index (χ0) is 23.8. The summed E-state index contributed by atoms with van der Waals surface area (Å²) in [7, 11) is 0. The summed E-state index contributed by atoms with van der Waals surface area (Å²) in [4.78, 5) is 18.7. The number of carbonyl (C=O) groups is 1. The number of cyclic esters (lactones) is 1. The summed E-state index contributed by atoms with van der Waals surface area (Å²) in [6.07, 6.45) is 0.601. The van der Waals surface area contributed by atoms with Gasteiger partial charge in [-0.25, -0.2) is 18.3 Å². The molecule has 0 saturated carbocycles. The fourth-order valence-electron chi connectivity index (χ4n) is 4.02. The van der Waals surface area contributed by atoms with Crippen LogP contribution < -0.4 is 4.90 Å². The van der Waals surface area contributed by atoms with E-state index in [9.17, 15) is 9.18 Å². The van der Waals surface area contributed by atoms with Crippen LogP contribution in [0.3, 0.4) is 0 Å².